The van der Waals surface area contributed by atoms with E-state index in [1.54, 1.807) is 12.1 Å². The zero-order chi connectivity index (χ0) is 17.1. The number of ether oxygens (including phenoxy) is 1. The van der Waals surface area contributed by atoms with E-state index in [-0.39, 0.29) is 23.2 Å². The van der Waals surface area contributed by atoms with E-state index in [9.17, 15) is 4.79 Å². The van der Waals surface area contributed by atoms with Gasteiger partial charge in [-0.3, -0.25) is 4.90 Å². The molecule has 2 rings (SSSR count). The predicted octanol–water partition coefficient (Wildman–Crippen LogP) is 4.44. The number of esters is 1. The van der Waals surface area contributed by atoms with Gasteiger partial charge in [-0.15, -0.1) is 0 Å². The van der Waals surface area contributed by atoms with Gasteiger partial charge in [0.15, 0.2) is 0 Å². The SMILES string of the molecule is C/C=C/CN1C(C)(C)CC(OC(=O)c2ccccc2)CC1(C)C. The zero-order valence-corrected chi connectivity index (χ0v) is 15.0. The third-order valence-electron chi connectivity index (χ3n) is 4.72. The Kier molecular flexibility index (Phi) is 5.30. The monoisotopic (exact) mass is 315 g/mol. The van der Waals surface area contributed by atoms with Gasteiger partial charge < -0.3 is 4.74 Å². The number of piperidine rings is 1. The Bertz CT molecular complexity index is 542. The first-order chi connectivity index (χ1) is 10.8. The van der Waals surface area contributed by atoms with Crippen molar-refractivity contribution in [2.24, 2.45) is 0 Å². The standard InChI is InChI=1S/C20H29NO2/c1-6-7-13-21-19(2,3)14-17(15-20(21,4)5)23-18(22)16-11-9-8-10-12-16/h6-12,17H,13-15H2,1-5H3/b7-6+. The number of carbonyl (C=O) groups is 1. The van der Waals surface area contributed by atoms with Gasteiger partial charge in [-0.1, -0.05) is 30.4 Å². The summed E-state index contributed by atoms with van der Waals surface area (Å²) in [5.74, 6) is -0.218. The van der Waals surface area contributed by atoms with E-state index in [2.05, 4.69) is 44.7 Å². The minimum atomic E-state index is -0.218. The molecule has 0 amide bonds. The van der Waals surface area contributed by atoms with Gasteiger partial charge in [0.05, 0.1) is 5.56 Å². The van der Waals surface area contributed by atoms with Crippen LogP contribution in [0.3, 0.4) is 0 Å². The number of hydrogen-bond acceptors (Lipinski definition) is 3. The largest absolute Gasteiger partial charge is 0.459 e. The van der Waals surface area contributed by atoms with Gasteiger partial charge in [-0.05, 0) is 46.8 Å². The maximum Gasteiger partial charge on any atom is 0.338 e. The number of carbonyl (C=O) groups excluding carboxylic acids is 1. The summed E-state index contributed by atoms with van der Waals surface area (Å²) in [6.07, 6.45) is 5.95. The Morgan fingerprint density at radius 2 is 1.74 bits per heavy atom. The zero-order valence-electron chi connectivity index (χ0n) is 15.0. The molecule has 23 heavy (non-hydrogen) atoms. The average Bonchev–Trinajstić information content (AvgIpc) is 2.46. The molecule has 0 N–H and O–H groups in total. The fourth-order valence-electron chi connectivity index (χ4n) is 3.81. The second-order valence-corrected chi connectivity index (χ2v) is 7.61. The molecule has 1 saturated heterocycles. The van der Waals surface area contributed by atoms with Crippen molar-refractivity contribution in [3.8, 4) is 0 Å². The lowest BCUT2D eigenvalue weighted by molar-refractivity contribution is -0.0811. The quantitative estimate of drug-likeness (QED) is 0.607. The Morgan fingerprint density at radius 3 is 2.26 bits per heavy atom. The molecule has 0 atom stereocenters. The summed E-state index contributed by atoms with van der Waals surface area (Å²) in [5, 5.41) is 0. The highest BCUT2D eigenvalue weighted by atomic mass is 16.5. The van der Waals surface area contributed by atoms with E-state index in [1.807, 2.05) is 25.1 Å². The minimum absolute atomic E-state index is 0.0110. The van der Waals surface area contributed by atoms with Crippen molar-refractivity contribution in [3.05, 3.63) is 48.0 Å². The summed E-state index contributed by atoms with van der Waals surface area (Å²) in [4.78, 5) is 14.8. The van der Waals surface area contributed by atoms with Crippen molar-refractivity contribution in [2.45, 2.75) is 64.6 Å². The fourth-order valence-corrected chi connectivity index (χ4v) is 3.81. The van der Waals surface area contributed by atoms with Crippen LogP contribution in [-0.2, 0) is 4.74 Å². The number of hydrogen-bond donors (Lipinski definition) is 0. The van der Waals surface area contributed by atoms with E-state index >= 15 is 0 Å². The second kappa shape index (κ2) is 6.88. The van der Waals surface area contributed by atoms with Crippen LogP contribution in [0.4, 0.5) is 0 Å². The molecule has 0 radical (unpaired) electrons. The van der Waals surface area contributed by atoms with Gasteiger partial charge in [-0.25, -0.2) is 4.79 Å². The number of nitrogens with zero attached hydrogens (tertiary/aromatic N) is 1. The maximum atomic E-state index is 12.3. The fraction of sp³-hybridized carbons (Fsp3) is 0.550. The third kappa shape index (κ3) is 4.23. The number of benzene rings is 1. The molecule has 0 aromatic heterocycles. The molecular weight excluding hydrogens is 286 g/mol. The molecule has 0 spiro atoms. The Labute approximate surface area is 140 Å². The second-order valence-electron chi connectivity index (χ2n) is 7.61. The van der Waals surface area contributed by atoms with Crippen molar-refractivity contribution in [3.63, 3.8) is 0 Å². The van der Waals surface area contributed by atoms with E-state index in [4.69, 9.17) is 4.74 Å². The first-order valence-electron chi connectivity index (χ1n) is 8.41. The molecule has 126 valence electrons. The molecule has 1 heterocycles. The molecule has 1 aromatic carbocycles. The average molecular weight is 315 g/mol. The first kappa shape index (κ1) is 17.7. The molecular formula is C20H29NO2. The van der Waals surface area contributed by atoms with Crippen LogP contribution in [0.25, 0.3) is 0 Å². The number of allylic oxidation sites excluding steroid dienone is 1. The Hall–Kier alpha value is -1.61. The summed E-state index contributed by atoms with van der Waals surface area (Å²) < 4.78 is 5.82. The summed E-state index contributed by atoms with van der Waals surface area (Å²) in [5.41, 5.74) is 0.602. The van der Waals surface area contributed by atoms with Crippen molar-refractivity contribution >= 4 is 5.97 Å². The Balaban J connectivity index is 2.10. The third-order valence-corrected chi connectivity index (χ3v) is 4.72. The van der Waals surface area contributed by atoms with Crippen LogP contribution in [0.5, 0.6) is 0 Å². The van der Waals surface area contributed by atoms with Gasteiger partial charge in [-0.2, -0.15) is 0 Å². The lowest BCUT2D eigenvalue weighted by atomic mass is 9.78. The molecule has 1 aliphatic rings. The molecule has 0 unspecified atom stereocenters. The number of rotatable bonds is 4. The van der Waals surface area contributed by atoms with Gasteiger partial charge in [0.1, 0.15) is 6.10 Å². The van der Waals surface area contributed by atoms with Gasteiger partial charge in [0, 0.05) is 30.5 Å². The van der Waals surface area contributed by atoms with Gasteiger partial charge in [0.25, 0.3) is 0 Å². The Morgan fingerprint density at radius 1 is 1.17 bits per heavy atom. The predicted molar refractivity (Wildman–Crippen MR) is 94.6 cm³/mol. The number of likely N-dealkylation sites (tertiary alicyclic amines) is 1. The van der Waals surface area contributed by atoms with Crippen molar-refractivity contribution in [1.82, 2.24) is 4.90 Å². The van der Waals surface area contributed by atoms with Crippen LogP contribution >= 0.6 is 0 Å². The topological polar surface area (TPSA) is 29.5 Å². The summed E-state index contributed by atoms with van der Waals surface area (Å²) in [7, 11) is 0. The molecule has 0 aliphatic carbocycles. The summed E-state index contributed by atoms with van der Waals surface area (Å²) >= 11 is 0. The van der Waals surface area contributed by atoms with Crippen molar-refractivity contribution < 1.29 is 9.53 Å². The molecule has 0 bridgehead atoms. The van der Waals surface area contributed by atoms with E-state index in [0.29, 0.717) is 5.56 Å². The minimum Gasteiger partial charge on any atom is -0.459 e. The normalized spacial score (nSPS) is 21.4. The molecule has 1 fully saturated rings. The highest BCUT2D eigenvalue weighted by Gasteiger charge is 2.45. The lowest BCUT2D eigenvalue weighted by Gasteiger charge is -2.54. The van der Waals surface area contributed by atoms with Crippen LogP contribution in [0, 0.1) is 0 Å². The highest BCUT2D eigenvalue weighted by molar-refractivity contribution is 5.89. The van der Waals surface area contributed by atoms with Crippen LogP contribution in [-0.4, -0.2) is 34.6 Å². The van der Waals surface area contributed by atoms with Gasteiger partial charge in [0.2, 0.25) is 0 Å². The smallest absolute Gasteiger partial charge is 0.338 e. The molecule has 1 aromatic rings. The van der Waals surface area contributed by atoms with Crippen molar-refractivity contribution in [1.29, 1.82) is 0 Å². The van der Waals surface area contributed by atoms with Crippen LogP contribution in [0.1, 0.15) is 57.8 Å². The first-order valence-corrected chi connectivity index (χ1v) is 8.41. The van der Waals surface area contributed by atoms with E-state index in [1.165, 1.54) is 0 Å². The summed E-state index contributed by atoms with van der Waals surface area (Å²) in [6, 6.07) is 9.25. The van der Waals surface area contributed by atoms with Crippen LogP contribution < -0.4 is 0 Å². The van der Waals surface area contributed by atoms with E-state index < -0.39 is 0 Å². The maximum absolute atomic E-state index is 12.3. The molecule has 3 heteroatoms. The van der Waals surface area contributed by atoms with Crippen molar-refractivity contribution in [2.75, 3.05) is 6.54 Å². The van der Waals surface area contributed by atoms with Gasteiger partial charge >= 0.3 is 5.97 Å². The lowest BCUT2D eigenvalue weighted by Crippen LogP contribution is -2.62. The highest BCUT2D eigenvalue weighted by Crippen LogP contribution is 2.39. The van der Waals surface area contributed by atoms with E-state index in [0.717, 1.165) is 19.4 Å². The molecule has 1 aliphatic heterocycles. The summed E-state index contributed by atoms with van der Waals surface area (Å²) in [6.45, 7) is 11.9. The van der Waals surface area contributed by atoms with Crippen LogP contribution in [0.2, 0.25) is 0 Å². The van der Waals surface area contributed by atoms with Crippen LogP contribution in [0.15, 0.2) is 42.5 Å². The molecule has 0 saturated carbocycles. The molecule has 3 nitrogen and oxygen atoms in total.